The van der Waals surface area contributed by atoms with Gasteiger partial charge in [0.05, 0.1) is 0 Å². The SMILES string of the molecule is Cc1ccccc1/C=C\C1=C[C-]2CCc3cc(/C=C/c4ccccc4C)c(cc3[CH-]/C=C3\C=CC=C[C-]3C)CC[C-]1C=C2/C=C/c1ccccc1C.[K+].[K+].[K+].[K+]. The summed E-state index contributed by atoms with van der Waals surface area (Å²) >= 11 is 0. The molecule has 0 spiro atoms. The molecular weight excluding hydrogens is 781 g/mol. The Balaban J connectivity index is 0.00000210. The summed E-state index contributed by atoms with van der Waals surface area (Å²) in [6, 6.07) is 30.9. The number of hydrogen-bond acceptors (Lipinski definition) is 0. The molecule has 0 saturated heterocycles. The molecule has 0 amide bonds. The number of rotatable bonds is 8. The van der Waals surface area contributed by atoms with E-state index in [2.05, 4.69) is 198 Å². The van der Waals surface area contributed by atoms with Gasteiger partial charge in [-0.15, -0.1) is 29.9 Å². The first-order chi connectivity index (χ1) is 25.4. The molecule has 6 aliphatic carbocycles. The van der Waals surface area contributed by atoms with Crippen LogP contribution in [-0.4, -0.2) is 0 Å². The van der Waals surface area contributed by atoms with Gasteiger partial charge >= 0.3 is 206 Å². The monoisotopic (exact) mass is 828 g/mol. The van der Waals surface area contributed by atoms with Gasteiger partial charge in [-0.3, -0.25) is 0 Å². The summed E-state index contributed by atoms with van der Waals surface area (Å²) in [5, 5.41) is 0. The van der Waals surface area contributed by atoms with Gasteiger partial charge < -0.3 is 0 Å². The molecule has 0 unspecified atom stereocenters. The summed E-state index contributed by atoms with van der Waals surface area (Å²) in [7, 11) is 0. The van der Waals surface area contributed by atoms with Crippen LogP contribution < -0.4 is 206 Å². The van der Waals surface area contributed by atoms with E-state index in [4.69, 9.17) is 0 Å². The van der Waals surface area contributed by atoms with E-state index >= 15 is 0 Å². The first-order valence-electron chi connectivity index (χ1n) is 18.7. The van der Waals surface area contributed by atoms with Gasteiger partial charge in [0, 0.05) is 0 Å². The van der Waals surface area contributed by atoms with Gasteiger partial charge in [0.15, 0.2) is 0 Å². The first-order valence-corrected chi connectivity index (χ1v) is 18.7. The predicted molar refractivity (Wildman–Crippen MR) is 225 cm³/mol. The predicted octanol–water partition coefficient (Wildman–Crippen LogP) is 1.32. The van der Waals surface area contributed by atoms with Crippen molar-refractivity contribution in [3.8, 4) is 0 Å². The van der Waals surface area contributed by atoms with Crippen LogP contribution >= 0.6 is 0 Å². The van der Waals surface area contributed by atoms with Gasteiger partial charge in [-0.1, -0.05) is 123 Å². The Morgan fingerprint density at radius 2 is 1.00 bits per heavy atom. The summed E-state index contributed by atoms with van der Waals surface area (Å²) in [5.74, 6) is 4.06. The average molecular weight is 829 g/mol. The zero-order chi connectivity index (χ0) is 35.9. The van der Waals surface area contributed by atoms with Gasteiger partial charge in [-0.2, -0.15) is 48.3 Å². The second-order valence-electron chi connectivity index (χ2n) is 14.3. The van der Waals surface area contributed by atoms with Crippen LogP contribution in [0.5, 0.6) is 0 Å². The van der Waals surface area contributed by atoms with Crippen molar-refractivity contribution in [2.24, 2.45) is 0 Å². The maximum absolute atomic E-state index is 2.47. The van der Waals surface area contributed by atoms with Crippen LogP contribution in [0, 0.1) is 44.9 Å². The second kappa shape index (κ2) is 25.7. The summed E-state index contributed by atoms with van der Waals surface area (Å²) in [5.41, 5.74) is 17.0. The molecule has 10 rings (SSSR count). The van der Waals surface area contributed by atoms with E-state index in [1.807, 2.05) is 0 Å². The molecule has 0 nitrogen and oxygen atoms in total. The van der Waals surface area contributed by atoms with Gasteiger partial charge in [0.2, 0.25) is 0 Å². The van der Waals surface area contributed by atoms with Crippen molar-refractivity contribution in [3.63, 3.8) is 0 Å². The molecule has 260 valence electrons. The van der Waals surface area contributed by atoms with Crippen molar-refractivity contribution in [3.05, 3.63) is 236 Å². The number of aryl methyl sites for hydroxylation is 5. The normalized spacial score (nSPS) is 15.5. The van der Waals surface area contributed by atoms with Crippen molar-refractivity contribution in [1.82, 2.24) is 0 Å². The molecule has 4 bridgehead atoms. The van der Waals surface area contributed by atoms with Crippen LogP contribution in [0.3, 0.4) is 0 Å². The quantitative estimate of drug-likeness (QED) is 0.143. The van der Waals surface area contributed by atoms with Crippen LogP contribution in [0.1, 0.15) is 75.4 Å². The Labute approximate surface area is 508 Å². The molecule has 4 aromatic carbocycles. The van der Waals surface area contributed by atoms with Gasteiger partial charge in [-0.05, 0) is 66.1 Å². The fraction of sp³-hybridized carbons (Fsp3) is 0.154. The molecule has 0 aromatic heterocycles. The van der Waals surface area contributed by atoms with Gasteiger partial charge in [-0.25, -0.2) is 46.8 Å². The molecule has 0 radical (unpaired) electrons. The minimum absolute atomic E-state index is 0. The van der Waals surface area contributed by atoms with E-state index in [1.54, 1.807) is 0 Å². The van der Waals surface area contributed by atoms with Crippen LogP contribution in [0.25, 0.3) is 24.3 Å². The Morgan fingerprint density at radius 1 is 0.536 bits per heavy atom. The number of hydrogen-bond donors (Lipinski definition) is 0. The zero-order valence-corrected chi connectivity index (χ0v) is 47.5. The second-order valence-corrected chi connectivity index (χ2v) is 14.3. The third-order valence-corrected chi connectivity index (χ3v) is 10.7. The van der Waals surface area contributed by atoms with E-state index in [1.165, 1.54) is 90.1 Å². The van der Waals surface area contributed by atoms with Gasteiger partial charge in [0.25, 0.3) is 0 Å². The molecule has 4 heteroatoms. The standard InChI is InChI=1S/C52H48.4K/c1-37-13-5-9-17-41(37)21-25-45-33-50-31-32-52-36-47(27-23-43-19-11-7-15-39(43)3)51(35-48(52)28-24-44-20-12-8-16-40(44)4)30-29-49(45)34-46(50)26-22-42-18-10-6-14-38(42)2;;;;/h5-28,33-36H,29-32H2,1-4H3;;;;/q-4;4*+1/b25-21-,26-22+,27-23+,44-24+;;;;. The maximum Gasteiger partial charge on any atom is 1.00 e. The van der Waals surface area contributed by atoms with E-state index < -0.39 is 0 Å². The van der Waals surface area contributed by atoms with E-state index in [0.717, 1.165) is 25.7 Å². The largest absolute Gasteiger partial charge is 1.00 e. The fourth-order valence-corrected chi connectivity index (χ4v) is 7.29. The van der Waals surface area contributed by atoms with Gasteiger partial charge in [0.1, 0.15) is 0 Å². The Morgan fingerprint density at radius 3 is 1.50 bits per heavy atom. The third kappa shape index (κ3) is 13.9. The summed E-state index contributed by atoms with van der Waals surface area (Å²) in [6.45, 7) is 8.77. The Bertz CT molecular complexity index is 2190. The minimum Gasteiger partial charge on any atom is -0.227 e. The van der Waals surface area contributed by atoms with Crippen LogP contribution in [0.15, 0.2) is 156 Å². The van der Waals surface area contributed by atoms with Crippen LogP contribution in [0.4, 0.5) is 0 Å². The molecule has 4 aromatic rings. The first kappa shape index (κ1) is 51.2. The van der Waals surface area contributed by atoms with Crippen molar-refractivity contribution in [2.75, 3.05) is 0 Å². The smallest absolute Gasteiger partial charge is 0.227 e. The molecule has 0 aliphatic heterocycles. The van der Waals surface area contributed by atoms with Crippen molar-refractivity contribution < 1.29 is 206 Å². The fourth-order valence-electron chi connectivity index (χ4n) is 7.29. The molecule has 0 N–H and O–H groups in total. The molecule has 0 heterocycles. The number of allylic oxidation sites excluding steroid dienone is 12. The van der Waals surface area contributed by atoms with E-state index in [9.17, 15) is 0 Å². The molecular formula is C52H48K4. The van der Waals surface area contributed by atoms with E-state index in [0.29, 0.717) is 0 Å². The van der Waals surface area contributed by atoms with Crippen molar-refractivity contribution >= 4 is 24.3 Å². The molecule has 0 atom stereocenters. The maximum atomic E-state index is 2.47. The zero-order valence-electron chi connectivity index (χ0n) is 35.0. The Hall–Kier alpha value is 0.825. The molecule has 6 aliphatic rings. The Kier molecular flexibility index (Phi) is 23.5. The van der Waals surface area contributed by atoms with E-state index in [-0.39, 0.29) is 206 Å². The minimum atomic E-state index is 0. The summed E-state index contributed by atoms with van der Waals surface area (Å²) in [4.78, 5) is 0. The topological polar surface area (TPSA) is 0 Å². The number of benzene rings is 4. The molecule has 0 saturated carbocycles. The summed E-state index contributed by atoms with van der Waals surface area (Å²) in [6.07, 6.45) is 36.0. The van der Waals surface area contributed by atoms with Crippen LogP contribution in [0.2, 0.25) is 0 Å². The average Bonchev–Trinajstić information content (AvgIpc) is 3.15. The summed E-state index contributed by atoms with van der Waals surface area (Å²) < 4.78 is 0. The van der Waals surface area contributed by atoms with Crippen molar-refractivity contribution in [2.45, 2.75) is 53.4 Å². The molecule has 56 heavy (non-hydrogen) atoms. The third-order valence-electron chi connectivity index (χ3n) is 10.7. The van der Waals surface area contributed by atoms with Crippen molar-refractivity contribution in [1.29, 1.82) is 0 Å². The van der Waals surface area contributed by atoms with Crippen LogP contribution in [-0.2, 0) is 12.8 Å². The molecule has 0 fully saturated rings.